The molecular formula is C23H29BrN2O3. The number of rotatable bonds is 10. The molecule has 2 aromatic carbocycles. The van der Waals surface area contributed by atoms with Crippen LogP contribution in [0.3, 0.4) is 0 Å². The van der Waals surface area contributed by atoms with Gasteiger partial charge in [-0.1, -0.05) is 36.7 Å². The van der Waals surface area contributed by atoms with Crippen molar-refractivity contribution in [2.24, 2.45) is 0 Å². The number of amides is 2. The predicted octanol–water partition coefficient (Wildman–Crippen LogP) is 5.75. The van der Waals surface area contributed by atoms with Gasteiger partial charge in [0.2, 0.25) is 0 Å². The van der Waals surface area contributed by atoms with E-state index in [4.69, 9.17) is 4.74 Å². The number of carbonyl (C=O) groups is 2. The van der Waals surface area contributed by atoms with Gasteiger partial charge in [-0.25, -0.2) is 0 Å². The Morgan fingerprint density at radius 3 is 2.21 bits per heavy atom. The van der Waals surface area contributed by atoms with Gasteiger partial charge in [0.25, 0.3) is 11.8 Å². The number of hydrogen-bond acceptors (Lipinski definition) is 3. The lowest BCUT2D eigenvalue weighted by Crippen LogP contribution is -2.32. The molecule has 2 amide bonds. The molecule has 0 aliphatic heterocycles. The number of ether oxygens (including phenoxy) is 1. The second-order valence-electron chi connectivity index (χ2n) is 6.81. The molecule has 0 aliphatic carbocycles. The molecule has 0 unspecified atom stereocenters. The van der Waals surface area contributed by atoms with Crippen molar-refractivity contribution in [2.45, 2.75) is 40.0 Å². The molecule has 0 heterocycles. The minimum Gasteiger partial charge on any atom is -0.493 e. The highest BCUT2D eigenvalue weighted by Gasteiger charge is 2.16. The number of nitrogens with one attached hydrogen (secondary N) is 1. The summed E-state index contributed by atoms with van der Waals surface area (Å²) in [6.07, 6.45) is 2.71. The van der Waals surface area contributed by atoms with Gasteiger partial charge >= 0.3 is 0 Å². The van der Waals surface area contributed by atoms with Crippen molar-refractivity contribution in [2.75, 3.05) is 25.0 Å². The first kappa shape index (κ1) is 22.9. The van der Waals surface area contributed by atoms with E-state index in [1.807, 2.05) is 17.9 Å². The second kappa shape index (κ2) is 11.6. The molecule has 1 N–H and O–H groups in total. The Kier molecular flexibility index (Phi) is 9.19. The van der Waals surface area contributed by atoms with Gasteiger partial charge in [-0.3, -0.25) is 9.59 Å². The van der Waals surface area contributed by atoms with Gasteiger partial charge in [0, 0.05) is 28.8 Å². The van der Waals surface area contributed by atoms with Crippen LogP contribution in [0.1, 0.15) is 60.7 Å². The van der Waals surface area contributed by atoms with Crippen LogP contribution >= 0.6 is 15.9 Å². The Morgan fingerprint density at radius 1 is 0.966 bits per heavy atom. The number of hydrogen-bond donors (Lipinski definition) is 1. The van der Waals surface area contributed by atoms with Crippen molar-refractivity contribution in [3.63, 3.8) is 0 Å². The fourth-order valence-corrected chi connectivity index (χ4v) is 3.31. The van der Waals surface area contributed by atoms with E-state index in [2.05, 4.69) is 35.1 Å². The molecule has 0 aliphatic rings. The Bertz CT molecular complexity index is 815. The highest BCUT2D eigenvalue weighted by atomic mass is 79.9. The van der Waals surface area contributed by atoms with Crippen molar-refractivity contribution in [1.82, 2.24) is 4.90 Å². The summed E-state index contributed by atoms with van der Waals surface area (Å²) < 4.78 is 6.50. The van der Waals surface area contributed by atoms with Crippen LogP contribution in [-0.4, -0.2) is 36.4 Å². The van der Waals surface area contributed by atoms with Crippen molar-refractivity contribution in [1.29, 1.82) is 0 Å². The molecule has 6 heteroatoms. The second-order valence-corrected chi connectivity index (χ2v) is 7.73. The van der Waals surface area contributed by atoms with Crippen LogP contribution in [0.25, 0.3) is 0 Å². The van der Waals surface area contributed by atoms with Crippen LogP contribution in [-0.2, 0) is 0 Å². The highest BCUT2D eigenvalue weighted by molar-refractivity contribution is 9.10. The minimum absolute atomic E-state index is 0.0221. The Balaban J connectivity index is 2.12. The van der Waals surface area contributed by atoms with E-state index in [1.54, 1.807) is 36.4 Å². The van der Waals surface area contributed by atoms with Crippen LogP contribution < -0.4 is 10.1 Å². The van der Waals surface area contributed by atoms with Gasteiger partial charge in [-0.2, -0.15) is 0 Å². The molecule has 29 heavy (non-hydrogen) atoms. The summed E-state index contributed by atoms with van der Waals surface area (Å²) >= 11 is 3.40. The van der Waals surface area contributed by atoms with Crippen LogP contribution in [0.2, 0.25) is 0 Å². The maximum atomic E-state index is 12.8. The Hall–Kier alpha value is -2.34. The van der Waals surface area contributed by atoms with Gasteiger partial charge in [0.1, 0.15) is 5.75 Å². The molecule has 2 rings (SSSR count). The van der Waals surface area contributed by atoms with E-state index in [-0.39, 0.29) is 11.8 Å². The zero-order valence-corrected chi connectivity index (χ0v) is 18.9. The summed E-state index contributed by atoms with van der Waals surface area (Å²) in [6.45, 7) is 8.18. The van der Waals surface area contributed by atoms with Crippen LogP contribution in [0.15, 0.2) is 46.9 Å². The van der Waals surface area contributed by atoms with E-state index in [1.165, 1.54) is 0 Å². The number of nitrogens with zero attached hydrogens (tertiary/aromatic N) is 1. The van der Waals surface area contributed by atoms with Gasteiger partial charge in [0.05, 0.1) is 12.2 Å². The lowest BCUT2D eigenvalue weighted by atomic mass is 10.1. The Labute approximate surface area is 181 Å². The minimum atomic E-state index is -0.255. The highest BCUT2D eigenvalue weighted by Crippen LogP contribution is 2.25. The largest absolute Gasteiger partial charge is 0.493 e. The van der Waals surface area contributed by atoms with Crippen molar-refractivity contribution < 1.29 is 14.3 Å². The third-order valence-electron chi connectivity index (χ3n) is 4.31. The molecule has 0 saturated carbocycles. The smallest absolute Gasteiger partial charge is 0.259 e. The Morgan fingerprint density at radius 2 is 1.62 bits per heavy atom. The normalized spacial score (nSPS) is 10.5. The van der Waals surface area contributed by atoms with Gasteiger partial charge < -0.3 is 15.0 Å². The van der Waals surface area contributed by atoms with Gasteiger partial charge in [0.15, 0.2) is 0 Å². The molecule has 0 aromatic heterocycles. The summed E-state index contributed by atoms with van der Waals surface area (Å²) in [5.74, 6) is 0.318. The SMILES string of the molecule is CCCOc1ccc(Br)cc1C(=O)Nc1ccc(C(=O)N(CCC)CCC)cc1. The van der Waals surface area contributed by atoms with Crippen molar-refractivity contribution >= 4 is 33.4 Å². The molecular weight excluding hydrogens is 432 g/mol. The molecule has 5 nitrogen and oxygen atoms in total. The van der Waals surface area contributed by atoms with Crippen LogP contribution in [0.5, 0.6) is 5.75 Å². The first-order valence-corrected chi connectivity index (χ1v) is 10.9. The molecule has 0 radical (unpaired) electrons. The van der Waals surface area contributed by atoms with Crippen molar-refractivity contribution in [3.05, 3.63) is 58.1 Å². The number of anilines is 1. The maximum absolute atomic E-state index is 12.8. The first-order chi connectivity index (χ1) is 14.0. The van der Waals surface area contributed by atoms with Crippen molar-refractivity contribution in [3.8, 4) is 5.75 Å². The standard InChI is InChI=1S/C23H29BrN2O3/c1-4-13-26(14-5-2)23(28)17-7-10-19(11-8-17)25-22(27)20-16-18(24)9-12-21(20)29-15-6-3/h7-12,16H,4-6,13-15H2,1-3H3,(H,25,27). The fourth-order valence-electron chi connectivity index (χ4n) is 2.95. The third kappa shape index (κ3) is 6.60. The molecule has 0 spiro atoms. The van der Waals surface area contributed by atoms with E-state index in [0.29, 0.717) is 29.2 Å². The lowest BCUT2D eigenvalue weighted by molar-refractivity contribution is 0.0755. The number of carbonyl (C=O) groups excluding carboxylic acids is 2. The first-order valence-electron chi connectivity index (χ1n) is 10.1. The molecule has 0 saturated heterocycles. The zero-order chi connectivity index (χ0) is 21.2. The van der Waals surface area contributed by atoms with Crippen LogP contribution in [0.4, 0.5) is 5.69 Å². The number of halogens is 1. The summed E-state index contributed by atoms with van der Waals surface area (Å²) in [5.41, 5.74) is 1.72. The van der Waals surface area contributed by atoms with E-state index < -0.39 is 0 Å². The maximum Gasteiger partial charge on any atom is 0.259 e. The summed E-state index contributed by atoms with van der Waals surface area (Å²) in [7, 11) is 0. The zero-order valence-electron chi connectivity index (χ0n) is 17.3. The summed E-state index contributed by atoms with van der Waals surface area (Å²) in [4.78, 5) is 27.3. The summed E-state index contributed by atoms with van der Waals surface area (Å²) in [5, 5.41) is 2.88. The summed E-state index contributed by atoms with van der Waals surface area (Å²) in [6, 6.07) is 12.4. The number of benzene rings is 2. The van der Waals surface area contributed by atoms with E-state index in [0.717, 1.165) is 36.8 Å². The molecule has 2 aromatic rings. The molecule has 0 fully saturated rings. The third-order valence-corrected chi connectivity index (χ3v) is 4.81. The molecule has 156 valence electrons. The van der Waals surface area contributed by atoms with Gasteiger partial charge in [-0.15, -0.1) is 0 Å². The average molecular weight is 461 g/mol. The topological polar surface area (TPSA) is 58.6 Å². The molecule has 0 atom stereocenters. The van der Waals surface area contributed by atoms with E-state index in [9.17, 15) is 9.59 Å². The van der Waals surface area contributed by atoms with Crippen LogP contribution in [0, 0.1) is 0 Å². The lowest BCUT2D eigenvalue weighted by Gasteiger charge is -2.21. The predicted molar refractivity (Wildman–Crippen MR) is 121 cm³/mol. The molecule has 0 bridgehead atoms. The average Bonchev–Trinajstić information content (AvgIpc) is 2.72. The van der Waals surface area contributed by atoms with E-state index >= 15 is 0 Å². The van der Waals surface area contributed by atoms with Gasteiger partial charge in [-0.05, 0) is 61.7 Å². The monoisotopic (exact) mass is 460 g/mol. The fraction of sp³-hybridized carbons (Fsp3) is 0.391. The quantitative estimate of drug-likeness (QED) is 0.490.